The smallest absolute Gasteiger partial charge is 0.255 e. The highest BCUT2D eigenvalue weighted by Crippen LogP contribution is 2.21. The van der Waals surface area contributed by atoms with E-state index in [0.29, 0.717) is 17.2 Å². The Morgan fingerprint density at radius 2 is 1.75 bits per heavy atom. The fourth-order valence-corrected chi connectivity index (χ4v) is 1.96. The molecular formula is C17H19NO2. The molecule has 104 valence electrons. The first-order chi connectivity index (χ1) is 9.47. The van der Waals surface area contributed by atoms with Gasteiger partial charge in [0.05, 0.1) is 0 Å². The van der Waals surface area contributed by atoms with Crippen LogP contribution < -0.4 is 5.32 Å². The lowest BCUT2D eigenvalue weighted by Crippen LogP contribution is -2.11. The summed E-state index contributed by atoms with van der Waals surface area (Å²) in [5.41, 5.74) is 3.25. The van der Waals surface area contributed by atoms with Crippen molar-refractivity contribution in [1.29, 1.82) is 0 Å². The topological polar surface area (TPSA) is 49.3 Å². The monoisotopic (exact) mass is 269 g/mol. The molecule has 0 unspecified atom stereocenters. The minimum Gasteiger partial charge on any atom is -0.508 e. The number of rotatable bonds is 3. The van der Waals surface area contributed by atoms with Gasteiger partial charge in [0.15, 0.2) is 0 Å². The van der Waals surface area contributed by atoms with E-state index in [4.69, 9.17) is 0 Å². The second-order valence-corrected chi connectivity index (χ2v) is 5.23. The third kappa shape index (κ3) is 3.18. The van der Waals surface area contributed by atoms with E-state index in [2.05, 4.69) is 19.2 Å². The summed E-state index contributed by atoms with van der Waals surface area (Å²) < 4.78 is 0. The molecule has 0 saturated heterocycles. The molecule has 0 spiro atoms. The summed E-state index contributed by atoms with van der Waals surface area (Å²) in [6.45, 7) is 6.03. The van der Waals surface area contributed by atoms with Crippen molar-refractivity contribution in [3.8, 4) is 5.75 Å². The number of phenols is 1. The minimum absolute atomic E-state index is 0.148. The molecule has 2 aromatic rings. The number of hydrogen-bond donors (Lipinski definition) is 2. The van der Waals surface area contributed by atoms with Crippen molar-refractivity contribution in [3.05, 3.63) is 59.2 Å². The number of benzene rings is 2. The molecule has 0 atom stereocenters. The van der Waals surface area contributed by atoms with Gasteiger partial charge in [0, 0.05) is 11.3 Å². The van der Waals surface area contributed by atoms with E-state index >= 15 is 0 Å². The van der Waals surface area contributed by atoms with E-state index in [1.807, 2.05) is 24.3 Å². The lowest BCUT2D eigenvalue weighted by atomic mass is 10.0. The molecule has 2 aromatic carbocycles. The highest BCUT2D eigenvalue weighted by molar-refractivity contribution is 6.04. The van der Waals surface area contributed by atoms with Crippen molar-refractivity contribution >= 4 is 11.6 Å². The van der Waals surface area contributed by atoms with Crippen molar-refractivity contribution in [2.75, 3.05) is 5.32 Å². The zero-order valence-corrected chi connectivity index (χ0v) is 12.0. The van der Waals surface area contributed by atoms with Gasteiger partial charge in [0.1, 0.15) is 5.75 Å². The Labute approximate surface area is 119 Å². The largest absolute Gasteiger partial charge is 0.508 e. The molecule has 0 aliphatic rings. The van der Waals surface area contributed by atoms with E-state index in [1.54, 1.807) is 25.1 Å². The third-order valence-corrected chi connectivity index (χ3v) is 3.29. The zero-order valence-electron chi connectivity index (χ0n) is 12.0. The Morgan fingerprint density at radius 1 is 1.10 bits per heavy atom. The van der Waals surface area contributed by atoms with Gasteiger partial charge in [-0.1, -0.05) is 26.0 Å². The maximum atomic E-state index is 12.1. The van der Waals surface area contributed by atoms with Crippen LogP contribution in [0.3, 0.4) is 0 Å². The molecule has 0 bridgehead atoms. The number of aromatic hydroxyl groups is 1. The summed E-state index contributed by atoms with van der Waals surface area (Å²) in [6.07, 6.45) is 0. The zero-order chi connectivity index (χ0) is 14.7. The van der Waals surface area contributed by atoms with Crippen LogP contribution in [-0.2, 0) is 0 Å². The van der Waals surface area contributed by atoms with Crippen LogP contribution in [-0.4, -0.2) is 11.0 Å². The Bertz CT molecular complexity index is 615. The van der Waals surface area contributed by atoms with Crippen LogP contribution in [0.5, 0.6) is 5.75 Å². The van der Waals surface area contributed by atoms with Gasteiger partial charge >= 0.3 is 0 Å². The predicted octanol–water partition coefficient (Wildman–Crippen LogP) is 4.08. The summed E-state index contributed by atoms with van der Waals surface area (Å²) in [6, 6.07) is 12.6. The van der Waals surface area contributed by atoms with Crippen molar-refractivity contribution in [2.24, 2.45) is 0 Å². The molecule has 0 fully saturated rings. The molecule has 3 heteroatoms. The molecule has 0 saturated carbocycles. The van der Waals surface area contributed by atoms with Gasteiger partial charge in [-0.25, -0.2) is 0 Å². The predicted molar refractivity (Wildman–Crippen MR) is 81.3 cm³/mol. The summed E-state index contributed by atoms with van der Waals surface area (Å²) >= 11 is 0. The van der Waals surface area contributed by atoms with E-state index in [-0.39, 0.29) is 11.7 Å². The van der Waals surface area contributed by atoms with E-state index in [0.717, 1.165) is 5.56 Å². The molecule has 0 aromatic heterocycles. The molecule has 0 aliphatic heterocycles. The number of carbonyl (C=O) groups excluding carboxylic acids is 1. The van der Waals surface area contributed by atoms with Crippen LogP contribution >= 0.6 is 0 Å². The van der Waals surface area contributed by atoms with Crippen molar-refractivity contribution in [3.63, 3.8) is 0 Å². The molecule has 1 amide bonds. The summed E-state index contributed by atoms with van der Waals surface area (Å²) in [5, 5.41) is 12.3. The third-order valence-electron chi connectivity index (χ3n) is 3.29. The SMILES string of the molecule is Cc1cc(NC(=O)c2ccc(C(C)C)cc2)ccc1O. The van der Waals surface area contributed by atoms with Gasteiger partial charge in [-0.3, -0.25) is 4.79 Å². The van der Waals surface area contributed by atoms with Crippen LogP contribution in [0.25, 0.3) is 0 Å². The normalized spacial score (nSPS) is 10.6. The van der Waals surface area contributed by atoms with Crippen LogP contribution in [0.2, 0.25) is 0 Å². The second kappa shape index (κ2) is 5.78. The second-order valence-electron chi connectivity index (χ2n) is 5.23. The van der Waals surface area contributed by atoms with Crippen molar-refractivity contribution in [1.82, 2.24) is 0 Å². The fourth-order valence-electron chi connectivity index (χ4n) is 1.96. The van der Waals surface area contributed by atoms with Crippen LogP contribution in [0.15, 0.2) is 42.5 Å². The van der Waals surface area contributed by atoms with Gasteiger partial charge in [0.25, 0.3) is 5.91 Å². The quantitative estimate of drug-likeness (QED) is 0.825. The van der Waals surface area contributed by atoms with Crippen LogP contribution in [0, 0.1) is 6.92 Å². The van der Waals surface area contributed by atoms with Crippen molar-refractivity contribution in [2.45, 2.75) is 26.7 Å². The highest BCUT2D eigenvalue weighted by Gasteiger charge is 2.07. The standard InChI is InChI=1S/C17H19NO2/c1-11(2)13-4-6-14(7-5-13)17(20)18-15-8-9-16(19)12(3)10-15/h4-11,19H,1-3H3,(H,18,20). The lowest BCUT2D eigenvalue weighted by Gasteiger charge is -2.09. The Kier molecular flexibility index (Phi) is 4.08. The maximum absolute atomic E-state index is 12.1. The Balaban J connectivity index is 2.13. The van der Waals surface area contributed by atoms with Crippen LogP contribution in [0.4, 0.5) is 5.69 Å². The number of phenolic OH excluding ortho intramolecular Hbond substituents is 1. The maximum Gasteiger partial charge on any atom is 0.255 e. The van der Waals surface area contributed by atoms with Gasteiger partial charge in [-0.15, -0.1) is 0 Å². The molecule has 2 N–H and O–H groups in total. The summed E-state index contributed by atoms with van der Waals surface area (Å²) in [7, 11) is 0. The Hall–Kier alpha value is -2.29. The van der Waals surface area contributed by atoms with Gasteiger partial charge in [-0.05, 0) is 54.3 Å². The molecule has 0 heterocycles. The number of amides is 1. The number of anilines is 1. The minimum atomic E-state index is -0.148. The van der Waals surface area contributed by atoms with Gasteiger partial charge in [-0.2, -0.15) is 0 Å². The molecule has 0 aliphatic carbocycles. The van der Waals surface area contributed by atoms with Gasteiger partial charge < -0.3 is 10.4 Å². The average molecular weight is 269 g/mol. The average Bonchev–Trinajstić information content (AvgIpc) is 2.43. The Morgan fingerprint density at radius 3 is 2.30 bits per heavy atom. The molecule has 0 radical (unpaired) electrons. The fraction of sp³-hybridized carbons (Fsp3) is 0.235. The first kappa shape index (κ1) is 14.1. The summed E-state index contributed by atoms with van der Waals surface area (Å²) in [5.74, 6) is 0.529. The number of hydrogen-bond acceptors (Lipinski definition) is 2. The summed E-state index contributed by atoms with van der Waals surface area (Å²) in [4.78, 5) is 12.1. The van der Waals surface area contributed by atoms with Crippen molar-refractivity contribution < 1.29 is 9.90 Å². The number of aryl methyl sites for hydroxylation is 1. The van der Waals surface area contributed by atoms with E-state index in [1.165, 1.54) is 5.56 Å². The molecule has 20 heavy (non-hydrogen) atoms. The lowest BCUT2D eigenvalue weighted by molar-refractivity contribution is 0.102. The van der Waals surface area contributed by atoms with E-state index < -0.39 is 0 Å². The molecular weight excluding hydrogens is 250 g/mol. The molecule has 3 nitrogen and oxygen atoms in total. The number of carbonyl (C=O) groups is 1. The van der Waals surface area contributed by atoms with Crippen LogP contribution in [0.1, 0.15) is 41.3 Å². The highest BCUT2D eigenvalue weighted by atomic mass is 16.3. The first-order valence-electron chi connectivity index (χ1n) is 6.68. The molecule has 2 rings (SSSR count). The van der Waals surface area contributed by atoms with Gasteiger partial charge in [0.2, 0.25) is 0 Å². The first-order valence-corrected chi connectivity index (χ1v) is 6.68. The van der Waals surface area contributed by atoms with E-state index in [9.17, 15) is 9.90 Å². The number of nitrogens with one attached hydrogen (secondary N) is 1.